The van der Waals surface area contributed by atoms with Gasteiger partial charge in [0.25, 0.3) is 5.91 Å². The number of rotatable bonds is 5. The number of hydrogen-bond donors (Lipinski definition) is 2. The minimum absolute atomic E-state index is 0.0619. The van der Waals surface area contributed by atoms with Gasteiger partial charge in [-0.15, -0.1) is 0 Å². The Morgan fingerprint density at radius 3 is 2.30 bits per heavy atom. The Hall–Kier alpha value is -3.26. The van der Waals surface area contributed by atoms with E-state index in [0.717, 1.165) is 56.1 Å². The van der Waals surface area contributed by atoms with E-state index in [1.807, 2.05) is 53.4 Å². The van der Waals surface area contributed by atoms with Gasteiger partial charge in [0.15, 0.2) is 0 Å². The Morgan fingerprint density at radius 2 is 1.64 bits per heavy atom. The summed E-state index contributed by atoms with van der Waals surface area (Å²) < 4.78 is 5.56. The van der Waals surface area contributed by atoms with Crippen LogP contribution < -0.4 is 20.3 Å². The van der Waals surface area contributed by atoms with E-state index in [9.17, 15) is 9.59 Å². The van der Waals surface area contributed by atoms with Crippen LogP contribution in [-0.4, -0.2) is 81.2 Å². The fraction of sp³-hybridized carbons (Fsp3) is 0.440. The molecule has 4 rings (SSSR count). The quantitative estimate of drug-likeness (QED) is 0.731. The Kier molecular flexibility index (Phi) is 7.34. The molecule has 8 heteroatoms. The molecule has 0 aliphatic carbocycles. The van der Waals surface area contributed by atoms with Crippen LogP contribution in [0.5, 0.6) is 5.75 Å². The van der Waals surface area contributed by atoms with E-state index in [4.69, 9.17) is 4.74 Å². The number of nitrogens with one attached hydrogen (secondary N) is 2. The van der Waals surface area contributed by atoms with E-state index in [-0.39, 0.29) is 18.0 Å². The number of ether oxygens (including phenoxy) is 1. The zero-order valence-corrected chi connectivity index (χ0v) is 19.4. The number of anilines is 2. The van der Waals surface area contributed by atoms with Crippen LogP contribution in [-0.2, 0) is 0 Å². The fourth-order valence-electron chi connectivity index (χ4n) is 4.35. The van der Waals surface area contributed by atoms with Crippen LogP contribution in [0, 0.1) is 0 Å². The van der Waals surface area contributed by atoms with Crippen LogP contribution in [0.15, 0.2) is 48.5 Å². The number of piperazine rings is 1. The number of piperidine rings is 1. The molecule has 2 aromatic rings. The van der Waals surface area contributed by atoms with E-state index in [1.54, 1.807) is 7.11 Å². The van der Waals surface area contributed by atoms with Gasteiger partial charge in [0.05, 0.1) is 12.8 Å². The van der Waals surface area contributed by atoms with E-state index in [1.165, 1.54) is 0 Å². The first-order valence-electron chi connectivity index (χ1n) is 11.6. The van der Waals surface area contributed by atoms with Gasteiger partial charge in [-0.1, -0.05) is 18.2 Å². The summed E-state index contributed by atoms with van der Waals surface area (Å²) in [6.45, 7) is 5.05. The minimum atomic E-state index is -0.114. The van der Waals surface area contributed by atoms with Crippen molar-refractivity contribution < 1.29 is 14.3 Å². The van der Waals surface area contributed by atoms with E-state index < -0.39 is 0 Å². The van der Waals surface area contributed by atoms with Gasteiger partial charge in [0.2, 0.25) is 0 Å². The number of hydrogen-bond acceptors (Lipinski definition) is 5. The van der Waals surface area contributed by atoms with Crippen molar-refractivity contribution in [2.24, 2.45) is 0 Å². The molecule has 2 N–H and O–H groups in total. The lowest BCUT2D eigenvalue weighted by atomic mass is 10.0. The average molecular weight is 452 g/mol. The largest absolute Gasteiger partial charge is 0.495 e. The molecule has 176 valence electrons. The first kappa shape index (κ1) is 22.9. The SMILES string of the molecule is COc1ccc(NC(=O)N2CCC(NC(=O)c3ccccc3)CC2)cc1N1CCN(C)CC1. The molecule has 8 nitrogen and oxygen atoms in total. The number of carbonyl (C=O) groups is 2. The minimum Gasteiger partial charge on any atom is -0.495 e. The Morgan fingerprint density at radius 1 is 0.939 bits per heavy atom. The predicted octanol–water partition coefficient (Wildman–Crippen LogP) is 2.87. The molecule has 0 radical (unpaired) electrons. The van der Waals surface area contributed by atoms with Gasteiger partial charge in [-0.3, -0.25) is 4.79 Å². The van der Waals surface area contributed by atoms with Crippen LogP contribution in [0.1, 0.15) is 23.2 Å². The zero-order valence-electron chi connectivity index (χ0n) is 19.4. The number of benzene rings is 2. The maximum atomic E-state index is 12.9. The zero-order chi connectivity index (χ0) is 23.2. The van der Waals surface area contributed by atoms with Crippen LogP contribution >= 0.6 is 0 Å². The molecule has 0 atom stereocenters. The molecule has 3 amide bonds. The summed E-state index contributed by atoms with van der Waals surface area (Å²) in [5.74, 6) is 0.751. The van der Waals surface area contributed by atoms with Gasteiger partial charge >= 0.3 is 6.03 Å². The van der Waals surface area contributed by atoms with Crippen molar-refractivity contribution in [3.63, 3.8) is 0 Å². The lowest BCUT2D eigenvalue weighted by molar-refractivity contribution is 0.0919. The summed E-state index contributed by atoms with van der Waals surface area (Å²) in [5.41, 5.74) is 2.42. The molecule has 0 unspecified atom stereocenters. The van der Waals surface area contributed by atoms with Gasteiger partial charge in [0.1, 0.15) is 5.75 Å². The first-order valence-corrected chi connectivity index (χ1v) is 11.6. The second kappa shape index (κ2) is 10.6. The highest BCUT2D eigenvalue weighted by Gasteiger charge is 2.25. The average Bonchev–Trinajstić information content (AvgIpc) is 2.85. The van der Waals surface area contributed by atoms with Crippen molar-refractivity contribution in [1.82, 2.24) is 15.1 Å². The molecular weight excluding hydrogens is 418 g/mol. The summed E-state index contributed by atoms with van der Waals surface area (Å²) in [6, 6.07) is 15.0. The van der Waals surface area contributed by atoms with Gasteiger partial charge in [-0.25, -0.2) is 4.79 Å². The third kappa shape index (κ3) is 5.76. The highest BCUT2D eigenvalue weighted by atomic mass is 16.5. The van der Waals surface area contributed by atoms with Crippen LogP contribution in [0.4, 0.5) is 16.2 Å². The lowest BCUT2D eigenvalue weighted by Crippen LogP contribution is -2.47. The molecule has 0 saturated carbocycles. The summed E-state index contributed by atoms with van der Waals surface area (Å²) in [4.78, 5) is 31.7. The van der Waals surface area contributed by atoms with Crippen molar-refractivity contribution in [2.45, 2.75) is 18.9 Å². The smallest absolute Gasteiger partial charge is 0.321 e. The molecule has 2 fully saturated rings. The first-order chi connectivity index (χ1) is 16.0. The fourth-order valence-corrected chi connectivity index (χ4v) is 4.35. The van der Waals surface area contributed by atoms with E-state index in [0.29, 0.717) is 18.7 Å². The molecule has 0 spiro atoms. The number of carbonyl (C=O) groups excluding carboxylic acids is 2. The number of nitrogens with zero attached hydrogens (tertiary/aromatic N) is 3. The number of likely N-dealkylation sites (N-methyl/N-ethyl adjacent to an activating group) is 1. The molecule has 2 aromatic carbocycles. The Balaban J connectivity index is 1.31. The highest BCUT2D eigenvalue weighted by Crippen LogP contribution is 2.32. The van der Waals surface area contributed by atoms with Gasteiger partial charge in [-0.05, 0) is 50.2 Å². The van der Waals surface area contributed by atoms with Crippen LogP contribution in [0.25, 0.3) is 0 Å². The topological polar surface area (TPSA) is 77.1 Å². The second-order valence-corrected chi connectivity index (χ2v) is 8.71. The maximum Gasteiger partial charge on any atom is 0.321 e. The Bertz CT molecular complexity index is 952. The summed E-state index contributed by atoms with van der Waals surface area (Å²) in [7, 11) is 3.80. The maximum absolute atomic E-state index is 12.9. The number of amides is 3. The number of likely N-dealkylation sites (tertiary alicyclic amines) is 1. The monoisotopic (exact) mass is 451 g/mol. The van der Waals surface area contributed by atoms with Gasteiger partial charge < -0.3 is 30.1 Å². The van der Waals surface area contributed by atoms with Crippen molar-refractivity contribution in [2.75, 3.05) is 63.6 Å². The molecule has 2 aliphatic rings. The molecule has 2 heterocycles. The summed E-state index contributed by atoms with van der Waals surface area (Å²) in [5, 5.41) is 6.12. The molecular formula is C25H33N5O3. The summed E-state index contributed by atoms with van der Waals surface area (Å²) >= 11 is 0. The highest BCUT2D eigenvalue weighted by molar-refractivity contribution is 5.94. The predicted molar refractivity (Wildman–Crippen MR) is 130 cm³/mol. The molecule has 33 heavy (non-hydrogen) atoms. The van der Waals surface area contributed by atoms with E-state index >= 15 is 0 Å². The third-order valence-corrected chi connectivity index (χ3v) is 6.43. The van der Waals surface area contributed by atoms with Gasteiger partial charge in [0, 0.05) is 56.6 Å². The standard InChI is InChI=1S/C25H33N5O3/c1-28-14-16-29(17-15-28)22-18-21(8-9-23(22)33-2)27-25(32)30-12-10-20(11-13-30)26-24(31)19-6-4-3-5-7-19/h3-9,18,20H,10-17H2,1-2H3,(H,26,31)(H,27,32). The van der Waals surface area contributed by atoms with E-state index in [2.05, 4.69) is 27.5 Å². The number of urea groups is 1. The van der Waals surface area contributed by atoms with Crippen molar-refractivity contribution in [1.29, 1.82) is 0 Å². The molecule has 0 aromatic heterocycles. The van der Waals surface area contributed by atoms with Crippen molar-refractivity contribution in [3.8, 4) is 5.75 Å². The Labute approximate surface area is 195 Å². The van der Waals surface area contributed by atoms with Crippen molar-refractivity contribution in [3.05, 3.63) is 54.1 Å². The molecule has 0 bridgehead atoms. The lowest BCUT2D eigenvalue weighted by Gasteiger charge is -2.35. The second-order valence-electron chi connectivity index (χ2n) is 8.71. The van der Waals surface area contributed by atoms with Crippen LogP contribution in [0.3, 0.4) is 0 Å². The normalized spacial score (nSPS) is 17.5. The molecule has 2 saturated heterocycles. The molecule has 2 aliphatic heterocycles. The number of methoxy groups -OCH3 is 1. The summed E-state index contributed by atoms with van der Waals surface area (Å²) in [6.07, 6.45) is 1.47. The van der Waals surface area contributed by atoms with Crippen molar-refractivity contribution >= 4 is 23.3 Å². The van der Waals surface area contributed by atoms with Crippen LogP contribution in [0.2, 0.25) is 0 Å². The van der Waals surface area contributed by atoms with Gasteiger partial charge in [-0.2, -0.15) is 0 Å². The third-order valence-electron chi connectivity index (χ3n) is 6.43.